The van der Waals surface area contributed by atoms with E-state index in [0.29, 0.717) is 32.4 Å². The van der Waals surface area contributed by atoms with Gasteiger partial charge >= 0.3 is 5.38 Å². The van der Waals surface area contributed by atoms with Crippen molar-refractivity contribution in [2.24, 2.45) is 0 Å². The minimum Gasteiger partial charge on any atom is -0.494 e. The van der Waals surface area contributed by atoms with Crippen LogP contribution in [-0.4, -0.2) is 31.9 Å². The van der Waals surface area contributed by atoms with Gasteiger partial charge < -0.3 is 4.74 Å². The molecule has 0 aliphatic carbocycles. The average molecular weight is 402 g/mol. The zero-order chi connectivity index (χ0) is 17.8. The zero-order valence-corrected chi connectivity index (χ0v) is 14.7. The fourth-order valence-electron chi connectivity index (χ4n) is 2.34. The van der Waals surface area contributed by atoms with Crippen molar-refractivity contribution < 1.29 is 13.5 Å². The lowest BCUT2D eigenvalue weighted by Crippen LogP contribution is -2.10. The third-order valence-electron chi connectivity index (χ3n) is 3.45. The molecule has 25 heavy (non-hydrogen) atoms. The number of benzene rings is 1. The van der Waals surface area contributed by atoms with E-state index in [9.17, 15) is 8.78 Å². The van der Waals surface area contributed by atoms with Gasteiger partial charge in [-0.15, -0.1) is 10.2 Å². The lowest BCUT2D eigenvalue weighted by molar-refractivity contribution is 0.0821. The largest absolute Gasteiger partial charge is 0.494 e. The van der Waals surface area contributed by atoms with Crippen LogP contribution in [0.3, 0.4) is 0 Å². The number of fused-ring (bicyclic) bond motifs is 2. The summed E-state index contributed by atoms with van der Waals surface area (Å²) in [6.45, 7) is 0. The average Bonchev–Trinajstić information content (AvgIpc) is 3.14. The number of pyridine rings is 1. The predicted octanol–water partition coefficient (Wildman–Crippen LogP) is 4.35. The van der Waals surface area contributed by atoms with Crippen LogP contribution in [0.4, 0.5) is 8.78 Å². The summed E-state index contributed by atoms with van der Waals surface area (Å²) in [6.07, 6.45) is 0. The standard InChI is InChI=1S/C14H7Cl2F2N5OS/c1-24-9-5-3-7(15)6-2-4-8(19-10(6)9)11-22-23-12(14(16,17)18)20-21-13(23)25-11/h2-5H,1H3. The van der Waals surface area contributed by atoms with E-state index < -0.39 is 11.2 Å². The maximum absolute atomic E-state index is 13.3. The van der Waals surface area contributed by atoms with Gasteiger partial charge in [0.25, 0.3) is 0 Å². The second kappa shape index (κ2) is 5.72. The first-order chi connectivity index (χ1) is 11.9. The predicted molar refractivity (Wildman–Crippen MR) is 90.7 cm³/mol. The Kier molecular flexibility index (Phi) is 3.75. The maximum Gasteiger partial charge on any atom is 0.383 e. The minimum absolute atomic E-state index is 0.185. The molecule has 0 fully saturated rings. The molecule has 4 rings (SSSR count). The van der Waals surface area contributed by atoms with Crippen molar-refractivity contribution in [1.82, 2.24) is 24.8 Å². The van der Waals surface area contributed by atoms with Crippen LogP contribution in [0.5, 0.6) is 5.75 Å². The van der Waals surface area contributed by atoms with Crippen LogP contribution in [0.2, 0.25) is 5.02 Å². The highest BCUT2D eigenvalue weighted by molar-refractivity contribution is 7.19. The van der Waals surface area contributed by atoms with Crippen LogP contribution in [-0.2, 0) is 5.38 Å². The first-order valence-electron chi connectivity index (χ1n) is 6.81. The number of ether oxygens (including phenoxy) is 1. The van der Waals surface area contributed by atoms with E-state index in [1.54, 1.807) is 24.3 Å². The molecular weight excluding hydrogens is 395 g/mol. The SMILES string of the molecule is COc1ccc(Cl)c2ccc(-c3nn4c(C(F)(F)Cl)nnc4s3)nc12. The normalized spacial score (nSPS) is 12.2. The van der Waals surface area contributed by atoms with Crippen LogP contribution in [0, 0.1) is 0 Å². The molecule has 0 aliphatic rings. The molecule has 1 aromatic carbocycles. The molecule has 6 nitrogen and oxygen atoms in total. The van der Waals surface area contributed by atoms with Gasteiger partial charge in [0.2, 0.25) is 10.8 Å². The van der Waals surface area contributed by atoms with Gasteiger partial charge in [0.1, 0.15) is 17.0 Å². The molecule has 3 heterocycles. The molecular formula is C14H7Cl2F2N5OS. The summed E-state index contributed by atoms with van der Waals surface area (Å²) in [5.41, 5.74) is 1.01. The van der Waals surface area contributed by atoms with Crippen molar-refractivity contribution in [2.75, 3.05) is 7.11 Å². The summed E-state index contributed by atoms with van der Waals surface area (Å²) in [5.74, 6) is -0.203. The minimum atomic E-state index is -3.67. The van der Waals surface area contributed by atoms with Crippen molar-refractivity contribution in [3.05, 3.63) is 35.1 Å². The molecule has 4 aromatic rings. The van der Waals surface area contributed by atoms with Crippen molar-refractivity contribution in [3.63, 3.8) is 0 Å². The van der Waals surface area contributed by atoms with Crippen molar-refractivity contribution >= 4 is 50.4 Å². The van der Waals surface area contributed by atoms with Crippen LogP contribution < -0.4 is 4.74 Å². The van der Waals surface area contributed by atoms with Gasteiger partial charge in [-0.3, -0.25) is 0 Å². The smallest absolute Gasteiger partial charge is 0.383 e. The number of hydrogen-bond acceptors (Lipinski definition) is 6. The van der Waals surface area contributed by atoms with E-state index in [1.807, 2.05) is 0 Å². The Hall–Kier alpha value is -2.10. The first-order valence-corrected chi connectivity index (χ1v) is 8.39. The Morgan fingerprint density at radius 3 is 2.72 bits per heavy atom. The number of alkyl halides is 3. The van der Waals surface area contributed by atoms with E-state index in [0.717, 1.165) is 15.9 Å². The monoisotopic (exact) mass is 401 g/mol. The Morgan fingerprint density at radius 2 is 2.00 bits per heavy atom. The van der Waals surface area contributed by atoms with Crippen LogP contribution in [0.1, 0.15) is 5.82 Å². The van der Waals surface area contributed by atoms with E-state index in [1.165, 1.54) is 7.11 Å². The van der Waals surface area contributed by atoms with Crippen molar-refractivity contribution in [3.8, 4) is 16.5 Å². The van der Waals surface area contributed by atoms with Gasteiger partial charge in [0.15, 0.2) is 5.01 Å². The Balaban J connectivity index is 1.90. The summed E-state index contributed by atoms with van der Waals surface area (Å²) < 4.78 is 32.9. The van der Waals surface area contributed by atoms with Crippen molar-refractivity contribution in [1.29, 1.82) is 0 Å². The Morgan fingerprint density at radius 1 is 1.20 bits per heavy atom. The summed E-state index contributed by atoms with van der Waals surface area (Å²) in [6, 6.07) is 6.87. The molecule has 0 aliphatic heterocycles. The molecule has 0 spiro atoms. The molecule has 0 unspecified atom stereocenters. The molecule has 0 amide bonds. The van der Waals surface area contributed by atoms with Gasteiger partial charge in [-0.1, -0.05) is 22.9 Å². The maximum atomic E-state index is 13.3. The van der Waals surface area contributed by atoms with Gasteiger partial charge in [-0.25, -0.2) is 4.98 Å². The number of methoxy groups -OCH3 is 1. The topological polar surface area (TPSA) is 65.2 Å². The molecule has 11 heteroatoms. The molecule has 0 saturated heterocycles. The summed E-state index contributed by atoms with van der Waals surface area (Å²) in [4.78, 5) is 4.69. The third-order valence-corrected chi connectivity index (χ3v) is 4.87. The fraction of sp³-hybridized carbons (Fsp3) is 0.143. The van der Waals surface area contributed by atoms with Crippen LogP contribution >= 0.6 is 34.5 Å². The van der Waals surface area contributed by atoms with Gasteiger partial charge in [-0.05, 0) is 35.9 Å². The summed E-state index contributed by atoms with van der Waals surface area (Å²) >= 11 is 12.3. The quantitative estimate of drug-likeness (QED) is 0.477. The number of rotatable bonds is 3. The van der Waals surface area contributed by atoms with Gasteiger partial charge in [0.05, 0.1) is 12.1 Å². The molecule has 0 bridgehead atoms. The number of aromatic nitrogens is 5. The molecule has 0 saturated carbocycles. The number of halogens is 4. The van der Waals surface area contributed by atoms with Gasteiger partial charge in [0, 0.05) is 5.39 Å². The van der Waals surface area contributed by atoms with Crippen LogP contribution in [0.15, 0.2) is 24.3 Å². The highest BCUT2D eigenvalue weighted by Gasteiger charge is 2.35. The third kappa shape index (κ3) is 2.68. The van der Waals surface area contributed by atoms with E-state index in [4.69, 9.17) is 27.9 Å². The second-order valence-electron chi connectivity index (χ2n) is 4.97. The molecule has 0 radical (unpaired) electrons. The summed E-state index contributed by atoms with van der Waals surface area (Å²) in [5, 5.41) is 9.10. The van der Waals surface area contributed by atoms with Crippen molar-refractivity contribution in [2.45, 2.75) is 5.38 Å². The highest BCUT2D eigenvalue weighted by atomic mass is 35.5. The second-order valence-corrected chi connectivity index (χ2v) is 6.80. The van der Waals surface area contributed by atoms with E-state index in [-0.39, 0.29) is 4.96 Å². The Bertz CT molecular complexity index is 1110. The molecule has 3 aromatic heterocycles. The van der Waals surface area contributed by atoms with E-state index >= 15 is 0 Å². The molecule has 128 valence electrons. The molecule has 0 atom stereocenters. The first kappa shape index (κ1) is 16.4. The highest BCUT2D eigenvalue weighted by Crippen LogP contribution is 2.35. The lowest BCUT2D eigenvalue weighted by atomic mass is 10.2. The summed E-state index contributed by atoms with van der Waals surface area (Å²) in [7, 11) is 1.52. The lowest BCUT2D eigenvalue weighted by Gasteiger charge is -2.07. The fourth-order valence-corrected chi connectivity index (χ4v) is 3.48. The van der Waals surface area contributed by atoms with Gasteiger partial charge in [-0.2, -0.15) is 18.4 Å². The van der Waals surface area contributed by atoms with E-state index in [2.05, 4.69) is 20.3 Å². The molecule has 0 N–H and O–H groups in total. The number of nitrogens with zero attached hydrogens (tertiary/aromatic N) is 5. The number of hydrogen-bond donors (Lipinski definition) is 0. The zero-order valence-electron chi connectivity index (χ0n) is 12.4. The van der Waals surface area contributed by atoms with Crippen LogP contribution in [0.25, 0.3) is 26.6 Å². The Labute approximate surface area is 153 Å².